The lowest BCUT2D eigenvalue weighted by Gasteiger charge is -2.35. The predicted molar refractivity (Wildman–Crippen MR) is 98.6 cm³/mol. The second-order valence-electron chi connectivity index (χ2n) is 6.86. The molecule has 1 heterocycles. The highest BCUT2D eigenvalue weighted by Gasteiger charge is 2.30. The number of dihydropyridines is 1. The maximum atomic E-state index is 3.72. The molecule has 0 radical (unpaired) electrons. The van der Waals surface area contributed by atoms with E-state index in [1.54, 1.807) is 0 Å². The lowest BCUT2D eigenvalue weighted by molar-refractivity contribution is 0.216. The molecule has 0 unspecified atom stereocenters. The van der Waals surface area contributed by atoms with Crippen LogP contribution in [-0.4, -0.2) is 24.5 Å². The van der Waals surface area contributed by atoms with Crippen LogP contribution in [0.25, 0.3) is 0 Å². The Hall–Kier alpha value is -1.54. The van der Waals surface area contributed by atoms with Crippen molar-refractivity contribution in [1.82, 2.24) is 10.2 Å². The molecule has 0 aromatic heterocycles. The molecule has 23 heavy (non-hydrogen) atoms. The molecule has 0 fully saturated rings. The van der Waals surface area contributed by atoms with Gasteiger partial charge in [0.15, 0.2) is 0 Å². The Morgan fingerprint density at radius 1 is 1.13 bits per heavy atom. The molecule has 1 aromatic rings. The van der Waals surface area contributed by atoms with Crippen LogP contribution in [0, 0.1) is 6.92 Å². The van der Waals surface area contributed by atoms with Gasteiger partial charge in [-0.2, -0.15) is 0 Å². The van der Waals surface area contributed by atoms with Gasteiger partial charge in [-0.1, -0.05) is 49.8 Å². The predicted octanol–water partition coefficient (Wildman–Crippen LogP) is 4.52. The van der Waals surface area contributed by atoms with Crippen molar-refractivity contribution in [3.63, 3.8) is 0 Å². The summed E-state index contributed by atoms with van der Waals surface area (Å²) in [6, 6.07) is 7.46. The molecule has 0 saturated carbocycles. The fourth-order valence-corrected chi connectivity index (χ4v) is 4.03. The van der Waals surface area contributed by atoms with E-state index in [0.717, 1.165) is 32.5 Å². The topological polar surface area (TPSA) is 15.3 Å². The Labute approximate surface area is 141 Å². The Bertz CT molecular complexity index is 606. The van der Waals surface area contributed by atoms with Gasteiger partial charge in [0.05, 0.1) is 6.04 Å². The van der Waals surface area contributed by atoms with E-state index in [4.69, 9.17) is 0 Å². The highest BCUT2D eigenvalue weighted by Crippen LogP contribution is 2.38. The van der Waals surface area contributed by atoms with E-state index in [9.17, 15) is 0 Å². The average Bonchev–Trinajstić information content (AvgIpc) is 2.71. The number of hydrogen-bond acceptors (Lipinski definition) is 2. The first kappa shape index (κ1) is 16.3. The van der Waals surface area contributed by atoms with Crippen LogP contribution >= 0.6 is 0 Å². The lowest BCUT2D eigenvalue weighted by atomic mass is 9.94. The van der Waals surface area contributed by atoms with Crippen LogP contribution < -0.4 is 5.32 Å². The van der Waals surface area contributed by atoms with Gasteiger partial charge < -0.3 is 5.32 Å². The molecule has 0 amide bonds. The van der Waals surface area contributed by atoms with Crippen molar-refractivity contribution in [2.75, 3.05) is 19.6 Å². The van der Waals surface area contributed by atoms with Gasteiger partial charge in [0.25, 0.3) is 0 Å². The summed E-state index contributed by atoms with van der Waals surface area (Å²) in [6.45, 7) is 10.1. The molecule has 0 saturated heterocycles. The first-order valence-electron chi connectivity index (χ1n) is 9.21. The molecule has 0 spiro atoms. The van der Waals surface area contributed by atoms with Gasteiger partial charge in [-0.15, -0.1) is 0 Å². The van der Waals surface area contributed by atoms with E-state index >= 15 is 0 Å². The summed E-state index contributed by atoms with van der Waals surface area (Å²) in [5.74, 6) is 0. The fourth-order valence-electron chi connectivity index (χ4n) is 4.03. The molecule has 1 aromatic carbocycles. The van der Waals surface area contributed by atoms with Crippen molar-refractivity contribution in [2.24, 2.45) is 0 Å². The first-order valence-corrected chi connectivity index (χ1v) is 9.21. The van der Waals surface area contributed by atoms with E-state index in [0.29, 0.717) is 6.04 Å². The maximum absolute atomic E-state index is 3.72. The van der Waals surface area contributed by atoms with Crippen LogP contribution in [0.3, 0.4) is 0 Å². The standard InChI is InChI=1S/C21H30N2/c1-4-13-23(14-5-2)21-19-11-8-16(3)15-18(19)10-9-17-7-6-12-22-20(17)21/h6-8,11,15,21-22H,4-5,9-10,12-14H2,1-3H3/t21-/m1/s1. The van der Waals surface area contributed by atoms with E-state index in [1.807, 2.05) is 0 Å². The Morgan fingerprint density at radius 2 is 1.91 bits per heavy atom. The van der Waals surface area contributed by atoms with Crippen LogP contribution in [0.1, 0.15) is 55.8 Å². The molecule has 1 aliphatic heterocycles. The Morgan fingerprint density at radius 3 is 2.65 bits per heavy atom. The number of allylic oxidation sites excluding steroid dienone is 2. The molecular formula is C21H30N2. The first-order chi connectivity index (χ1) is 11.2. The van der Waals surface area contributed by atoms with Gasteiger partial charge in [-0.05, 0) is 62.4 Å². The fraction of sp³-hybridized carbons (Fsp3) is 0.524. The zero-order valence-corrected chi connectivity index (χ0v) is 14.9. The molecule has 2 heteroatoms. The second kappa shape index (κ2) is 7.35. The van der Waals surface area contributed by atoms with Gasteiger partial charge in [-0.3, -0.25) is 4.90 Å². The zero-order chi connectivity index (χ0) is 16.2. The Balaban J connectivity index is 2.09. The van der Waals surface area contributed by atoms with Gasteiger partial charge in [0, 0.05) is 12.2 Å². The van der Waals surface area contributed by atoms with E-state index < -0.39 is 0 Å². The van der Waals surface area contributed by atoms with Crippen molar-refractivity contribution in [3.05, 3.63) is 58.3 Å². The summed E-state index contributed by atoms with van der Waals surface area (Å²) < 4.78 is 0. The number of benzene rings is 1. The zero-order valence-electron chi connectivity index (χ0n) is 14.9. The van der Waals surface area contributed by atoms with Crippen molar-refractivity contribution in [2.45, 2.75) is 52.5 Å². The van der Waals surface area contributed by atoms with Gasteiger partial charge in [0.1, 0.15) is 0 Å². The monoisotopic (exact) mass is 310 g/mol. The SMILES string of the molecule is CCCN(CCC)[C@H]1C2=C(C=CCN2)CCc2cc(C)ccc21. The molecular weight excluding hydrogens is 280 g/mol. The van der Waals surface area contributed by atoms with E-state index in [-0.39, 0.29) is 0 Å². The average molecular weight is 310 g/mol. The molecule has 3 rings (SSSR count). The number of rotatable bonds is 5. The summed E-state index contributed by atoms with van der Waals surface area (Å²) in [5.41, 5.74) is 7.40. The van der Waals surface area contributed by atoms with Crippen molar-refractivity contribution in [1.29, 1.82) is 0 Å². The molecule has 0 bridgehead atoms. The van der Waals surface area contributed by atoms with Crippen LogP contribution in [0.2, 0.25) is 0 Å². The summed E-state index contributed by atoms with van der Waals surface area (Å²) in [6.07, 6.45) is 9.34. The minimum Gasteiger partial charge on any atom is -0.383 e. The number of hydrogen-bond donors (Lipinski definition) is 1. The van der Waals surface area contributed by atoms with Crippen molar-refractivity contribution < 1.29 is 0 Å². The summed E-state index contributed by atoms with van der Waals surface area (Å²) in [7, 11) is 0. The van der Waals surface area contributed by atoms with E-state index in [1.165, 1.54) is 40.8 Å². The third kappa shape index (κ3) is 3.37. The second-order valence-corrected chi connectivity index (χ2v) is 6.86. The number of nitrogens with one attached hydrogen (secondary N) is 1. The Kier molecular flexibility index (Phi) is 5.22. The van der Waals surface area contributed by atoms with Crippen LogP contribution in [0.5, 0.6) is 0 Å². The van der Waals surface area contributed by atoms with Crippen LogP contribution in [-0.2, 0) is 6.42 Å². The number of fused-ring (bicyclic) bond motifs is 1. The molecule has 1 atom stereocenters. The van der Waals surface area contributed by atoms with Crippen LogP contribution in [0.15, 0.2) is 41.6 Å². The third-order valence-corrected chi connectivity index (χ3v) is 4.99. The number of nitrogens with zero attached hydrogens (tertiary/aromatic N) is 1. The normalized spacial score (nSPS) is 20.1. The van der Waals surface area contributed by atoms with E-state index in [2.05, 4.69) is 61.3 Å². The summed E-state index contributed by atoms with van der Waals surface area (Å²) >= 11 is 0. The minimum atomic E-state index is 0.396. The largest absolute Gasteiger partial charge is 0.383 e. The summed E-state index contributed by atoms with van der Waals surface area (Å²) in [5, 5.41) is 3.72. The lowest BCUT2D eigenvalue weighted by Crippen LogP contribution is -2.37. The highest BCUT2D eigenvalue weighted by atomic mass is 15.2. The number of aryl methyl sites for hydroxylation is 2. The molecule has 1 N–H and O–H groups in total. The van der Waals surface area contributed by atoms with Crippen molar-refractivity contribution >= 4 is 0 Å². The van der Waals surface area contributed by atoms with Gasteiger partial charge in [0.2, 0.25) is 0 Å². The molecule has 2 nitrogen and oxygen atoms in total. The molecule has 1 aliphatic carbocycles. The van der Waals surface area contributed by atoms with Gasteiger partial charge >= 0.3 is 0 Å². The van der Waals surface area contributed by atoms with Crippen LogP contribution in [0.4, 0.5) is 0 Å². The molecule has 124 valence electrons. The highest BCUT2D eigenvalue weighted by molar-refractivity contribution is 5.45. The third-order valence-electron chi connectivity index (χ3n) is 4.99. The minimum absolute atomic E-state index is 0.396. The maximum Gasteiger partial charge on any atom is 0.0756 e. The quantitative estimate of drug-likeness (QED) is 0.860. The smallest absolute Gasteiger partial charge is 0.0756 e. The van der Waals surface area contributed by atoms with Gasteiger partial charge in [-0.25, -0.2) is 0 Å². The summed E-state index contributed by atoms with van der Waals surface area (Å²) in [4.78, 5) is 2.68. The van der Waals surface area contributed by atoms with Crippen molar-refractivity contribution in [3.8, 4) is 0 Å². The molecule has 2 aliphatic rings.